The van der Waals surface area contributed by atoms with Gasteiger partial charge in [-0.15, -0.1) is 0 Å². The van der Waals surface area contributed by atoms with Crippen molar-refractivity contribution in [2.75, 3.05) is 6.54 Å². The van der Waals surface area contributed by atoms with Gasteiger partial charge in [-0.25, -0.2) is 4.39 Å². The number of nitrogens with one attached hydrogen (secondary N) is 1. The summed E-state index contributed by atoms with van der Waals surface area (Å²) in [5, 5.41) is 3.66. The van der Waals surface area contributed by atoms with Gasteiger partial charge in [0.25, 0.3) is 0 Å². The summed E-state index contributed by atoms with van der Waals surface area (Å²) in [6.45, 7) is 10.0. The molecule has 4 atom stereocenters. The number of halogens is 1. The molecule has 0 spiro atoms. The summed E-state index contributed by atoms with van der Waals surface area (Å²) >= 11 is 0. The molecule has 1 aliphatic rings. The molecule has 4 unspecified atom stereocenters. The van der Waals surface area contributed by atoms with Crippen LogP contribution in [0.2, 0.25) is 0 Å². The molecule has 106 valence electrons. The molecule has 0 bridgehead atoms. The Hall–Kier alpha value is -0.890. The van der Waals surface area contributed by atoms with E-state index in [-0.39, 0.29) is 11.2 Å². The van der Waals surface area contributed by atoms with Crippen LogP contribution in [0.5, 0.6) is 0 Å². The van der Waals surface area contributed by atoms with E-state index in [1.165, 1.54) is 0 Å². The summed E-state index contributed by atoms with van der Waals surface area (Å²) in [5.41, 5.74) is 1.06. The van der Waals surface area contributed by atoms with Crippen LogP contribution < -0.4 is 5.32 Å². The van der Waals surface area contributed by atoms with Gasteiger partial charge in [-0.3, -0.25) is 0 Å². The fraction of sp³-hybridized carbons (Fsp3) is 0.647. The van der Waals surface area contributed by atoms with Crippen molar-refractivity contribution in [3.8, 4) is 0 Å². The summed E-state index contributed by atoms with van der Waals surface area (Å²) in [6.07, 6.45) is 2.23. The van der Waals surface area contributed by atoms with Crippen LogP contribution >= 0.6 is 0 Å². The third kappa shape index (κ3) is 2.31. The van der Waals surface area contributed by atoms with Crippen molar-refractivity contribution in [2.24, 2.45) is 11.3 Å². The second kappa shape index (κ2) is 5.62. The quantitative estimate of drug-likeness (QED) is 0.833. The van der Waals surface area contributed by atoms with E-state index >= 15 is 0 Å². The lowest BCUT2D eigenvalue weighted by atomic mass is 9.48. The van der Waals surface area contributed by atoms with Gasteiger partial charge in [0.1, 0.15) is 5.82 Å². The van der Waals surface area contributed by atoms with E-state index in [1.54, 1.807) is 12.1 Å². The van der Waals surface area contributed by atoms with Crippen molar-refractivity contribution < 1.29 is 4.39 Å². The van der Waals surface area contributed by atoms with Crippen LogP contribution in [-0.2, 0) is 0 Å². The topological polar surface area (TPSA) is 12.0 Å². The third-order valence-corrected chi connectivity index (χ3v) is 5.09. The molecule has 2 heteroatoms. The average Bonchev–Trinajstić information content (AvgIpc) is 2.41. The highest BCUT2D eigenvalue weighted by Crippen LogP contribution is 2.58. The molecule has 19 heavy (non-hydrogen) atoms. The van der Waals surface area contributed by atoms with E-state index in [1.807, 2.05) is 12.1 Å². The minimum atomic E-state index is -0.0482. The fourth-order valence-electron chi connectivity index (χ4n) is 3.99. The Bertz CT molecular complexity index is 431. The maximum atomic E-state index is 14.1. The lowest BCUT2D eigenvalue weighted by Crippen LogP contribution is -2.63. The smallest absolute Gasteiger partial charge is 0.126 e. The van der Waals surface area contributed by atoms with Crippen LogP contribution in [0.3, 0.4) is 0 Å². The molecule has 0 aliphatic heterocycles. The predicted octanol–water partition coefficient (Wildman–Crippen LogP) is 4.34. The van der Waals surface area contributed by atoms with Gasteiger partial charge in [0.05, 0.1) is 0 Å². The highest BCUT2D eigenvalue weighted by Gasteiger charge is 2.56. The van der Waals surface area contributed by atoms with Crippen LogP contribution in [-0.4, -0.2) is 12.6 Å². The monoisotopic (exact) mass is 263 g/mol. The summed E-state index contributed by atoms with van der Waals surface area (Å²) in [4.78, 5) is 0. The van der Waals surface area contributed by atoms with Crippen LogP contribution in [0.4, 0.5) is 4.39 Å². The summed E-state index contributed by atoms with van der Waals surface area (Å²) in [5.74, 6) is 0.773. The second-order valence-electron chi connectivity index (χ2n) is 6.15. The van der Waals surface area contributed by atoms with Gasteiger partial charge >= 0.3 is 0 Å². The second-order valence-corrected chi connectivity index (χ2v) is 6.15. The van der Waals surface area contributed by atoms with Crippen molar-refractivity contribution in [1.29, 1.82) is 0 Å². The Morgan fingerprint density at radius 1 is 1.26 bits per heavy atom. The predicted molar refractivity (Wildman–Crippen MR) is 78.8 cm³/mol. The van der Waals surface area contributed by atoms with Crippen molar-refractivity contribution in [3.05, 3.63) is 35.6 Å². The summed E-state index contributed by atoms with van der Waals surface area (Å²) in [6, 6.07) is 7.78. The lowest BCUT2D eigenvalue weighted by Gasteiger charge is -2.60. The first-order chi connectivity index (χ1) is 9.06. The van der Waals surface area contributed by atoms with E-state index in [9.17, 15) is 4.39 Å². The van der Waals surface area contributed by atoms with Crippen molar-refractivity contribution in [2.45, 2.75) is 52.5 Å². The van der Waals surface area contributed by atoms with Gasteiger partial charge < -0.3 is 5.32 Å². The molecular weight excluding hydrogens is 237 g/mol. The summed E-state index contributed by atoms with van der Waals surface area (Å²) < 4.78 is 14.1. The summed E-state index contributed by atoms with van der Waals surface area (Å²) in [7, 11) is 0. The molecule has 1 fully saturated rings. The zero-order valence-electron chi connectivity index (χ0n) is 12.5. The molecule has 1 aliphatic carbocycles. The van der Waals surface area contributed by atoms with E-state index in [0.29, 0.717) is 17.9 Å². The molecule has 0 radical (unpaired) electrons. The normalized spacial score (nSPS) is 34.1. The first-order valence-electron chi connectivity index (χ1n) is 7.54. The lowest BCUT2D eigenvalue weighted by molar-refractivity contribution is -0.0211. The zero-order chi connectivity index (χ0) is 14.0. The highest BCUT2D eigenvalue weighted by atomic mass is 19.1. The number of benzene rings is 1. The van der Waals surface area contributed by atoms with Gasteiger partial charge in [0.15, 0.2) is 0 Å². The molecule has 1 nitrogen and oxygen atoms in total. The van der Waals surface area contributed by atoms with Gasteiger partial charge in [-0.2, -0.15) is 0 Å². The number of rotatable bonds is 5. The van der Waals surface area contributed by atoms with E-state index in [0.717, 1.165) is 24.9 Å². The highest BCUT2D eigenvalue weighted by molar-refractivity contribution is 5.31. The third-order valence-electron chi connectivity index (χ3n) is 5.09. The SMILES string of the molecule is CCCNC1C(C)C(c2ccccc2F)C1(C)CC. The fourth-order valence-corrected chi connectivity index (χ4v) is 3.99. The Labute approximate surface area is 116 Å². The zero-order valence-corrected chi connectivity index (χ0v) is 12.5. The molecule has 1 aromatic carbocycles. The first-order valence-corrected chi connectivity index (χ1v) is 7.54. The van der Waals surface area contributed by atoms with Gasteiger partial charge in [-0.1, -0.05) is 45.9 Å². The maximum Gasteiger partial charge on any atom is 0.126 e. The Morgan fingerprint density at radius 3 is 2.53 bits per heavy atom. The van der Waals surface area contributed by atoms with Gasteiger partial charge in [-0.05, 0) is 48.3 Å². The van der Waals surface area contributed by atoms with Crippen molar-refractivity contribution in [3.63, 3.8) is 0 Å². The molecule has 0 aromatic heterocycles. The van der Waals surface area contributed by atoms with E-state index in [4.69, 9.17) is 0 Å². The van der Waals surface area contributed by atoms with Crippen molar-refractivity contribution in [1.82, 2.24) is 5.32 Å². The molecule has 2 rings (SSSR count). The van der Waals surface area contributed by atoms with Crippen LogP contribution in [0, 0.1) is 17.2 Å². The molecule has 1 N–H and O–H groups in total. The minimum absolute atomic E-state index is 0.0482. The largest absolute Gasteiger partial charge is 0.313 e. The molecular formula is C17H26FN. The molecule has 0 heterocycles. The van der Waals surface area contributed by atoms with Gasteiger partial charge in [0.2, 0.25) is 0 Å². The number of hydrogen-bond acceptors (Lipinski definition) is 1. The van der Waals surface area contributed by atoms with Crippen molar-refractivity contribution >= 4 is 0 Å². The number of hydrogen-bond donors (Lipinski definition) is 1. The average molecular weight is 263 g/mol. The molecule has 1 saturated carbocycles. The minimum Gasteiger partial charge on any atom is -0.313 e. The van der Waals surface area contributed by atoms with Gasteiger partial charge in [0, 0.05) is 6.04 Å². The van der Waals surface area contributed by atoms with Crippen LogP contribution in [0.25, 0.3) is 0 Å². The molecule has 0 amide bonds. The maximum absolute atomic E-state index is 14.1. The van der Waals surface area contributed by atoms with E-state index in [2.05, 4.69) is 33.0 Å². The van der Waals surface area contributed by atoms with Crippen LogP contribution in [0.1, 0.15) is 52.0 Å². The molecule has 1 aromatic rings. The Balaban J connectivity index is 2.25. The Kier molecular flexibility index (Phi) is 4.29. The Morgan fingerprint density at radius 2 is 1.95 bits per heavy atom. The van der Waals surface area contributed by atoms with E-state index < -0.39 is 0 Å². The van der Waals surface area contributed by atoms with Crippen LogP contribution in [0.15, 0.2) is 24.3 Å². The standard InChI is InChI=1S/C17H26FN/c1-5-11-19-16-12(3)15(17(16,4)6-2)13-9-7-8-10-14(13)18/h7-10,12,15-16,19H,5-6,11H2,1-4H3. The first kappa shape index (κ1) is 14.5. The molecule has 0 saturated heterocycles.